The second-order valence-corrected chi connectivity index (χ2v) is 1.66. The molecule has 8 heavy (non-hydrogen) atoms. The lowest BCUT2D eigenvalue weighted by Gasteiger charge is -1.83. The Bertz CT molecular complexity index is 101. The van der Waals surface area contributed by atoms with E-state index in [1.807, 2.05) is 33.1 Å². The SMILES string of the molecule is CC=C(C)C=NCC. The molecule has 0 rings (SSSR count). The van der Waals surface area contributed by atoms with E-state index < -0.39 is 0 Å². The smallest absolute Gasteiger partial charge is 0.0361 e. The molecule has 0 spiro atoms. The highest BCUT2D eigenvalue weighted by molar-refractivity contribution is 5.77. The zero-order valence-corrected chi connectivity index (χ0v) is 5.81. The predicted molar refractivity (Wildman–Crippen MR) is 38.5 cm³/mol. The largest absolute Gasteiger partial charge is 0.293 e. The van der Waals surface area contributed by atoms with Crippen molar-refractivity contribution in [1.29, 1.82) is 0 Å². The second kappa shape index (κ2) is 4.57. The molecule has 0 aromatic carbocycles. The highest BCUT2D eigenvalue weighted by Crippen LogP contribution is 1.84. The number of rotatable bonds is 2. The van der Waals surface area contributed by atoms with Crippen LogP contribution in [-0.2, 0) is 0 Å². The number of aliphatic imine (C=N–C) groups is 1. The third kappa shape index (κ3) is 3.59. The van der Waals surface area contributed by atoms with E-state index >= 15 is 0 Å². The van der Waals surface area contributed by atoms with Crippen molar-refractivity contribution in [2.45, 2.75) is 20.8 Å². The number of hydrogen-bond acceptors (Lipinski definition) is 1. The van der Waals surface area contributed by atoms with Crippen LogP contribution in [0.25, 0.3) is 0 Å². The Kier molecular flexibility index (Phi) is 4.23. The zero-order valence-electron chi connectivity index (χ0n) is 5.81. The van der Waals surface area contributed by atoms with Gasteiger partial charge in [0.05, 0.1) is 0 Å². The van der Waals surface area contributed by atoms with Crippen LogP contribution in [0.1, 0.15) is 20.8 Å². The highest BCUT2D eigenvalue weighted by Gasteiger charge is 1.73. The molecule has 0 aliphatic heterocycles. The quantitative estimate of drug-likeness (QED) is 0.483. The van der Waals surface area contributed by atoms with Crippen molar-refractivity contribution in [3.8, 4) is 0 Å². The Hall–Kier alpha value is -0.590. The Morgan fingerprint density at radius 2 is 2.25 bits per heavy atom. The number of nitrogens with zero attached hydrogens (tertiary/aromatic N) is 1. The molecule has 1 heteroatoms. The summed E-state index contributed by atoms with van der Waals surface area (Å²) in [6, 6.07) is 0. The highest BCUT2D eigenvalue weighted by atomic mass is 14.7. The second-order valence-electron chi connectivity index (χ2n) is 1.66. The summed E-state index contributed by atoms with van der Waals surface area (Å²) in [5, 5.41) is 0. The Balaban J connectivity index is 3.53. The zero-order chi connectivity index (χ0) is 6.41. The summed E-state index contributed by atoms with van der Waals surface area (Å²) < 4.78 is 0. The number of hydrogen-bond donors (Lipinski definition) is 0. The van der Waals surface area contributed by atoms with Gasteiger partial charge in [0.15, 0.2) is 0 Å². The minimum atomic E-state index is 0.880. The van der Waals surface area contributed by atoms with Crippen molar-refractivity contribution >= 4 is 6.21 Å². The summed E-state index contributed by atoms with van der Waals surface area (Å²) in [5.74, 6) is 0. The van der Waals surface area contributed by atoms with Crippen molar-refractivity contribution < 1.29 is 0 Å². The van der Waals surface area contributed by atoms with Gasteiger partial charge in [-0.1, -0.05) is 6.08 Å². The molecular formula is C7H13N. The van der Waals surface area contributed by atoms with Gasteiger partial charge in [-0.3, -0.25) is 4.99 Å². The molecule has 0 amide bonds. The first kappa shape index (κ1) is 7.41. The topological polar surface area (TPSA) is 12.4 Å². The molecule has 46 valence electrons. The fourth-order valence-corrected chi connectivity index (χ4v) is 0.310. The van der Waals surface area contributed by atoms with Gasteiger partial charge in [0, 0.05) is 12.8 Å². The predicted octanol–water partition coefficient (Wildman–Crippen LogP) is 2.04. The van der Waals surface area contributed by atoms with E-state index in [-0.39, 0.29) is 0 Å². The minimum absolute atomic E-state index is 0.880. The van der Waals surface area contributed by atoms with Crippen LogP contribution in [0.4, 0.5) is 0 Å². The third-order valence-corrected chi connectivity index (χ3v) is 0.933. The first-order valence-electron chi connectivity index (χ1n) is 2.94. The lowest BCUT2D eigenvalue weighted by Crippen LogP contribution is -1.76. The summed E-state index contributed by atoms with van der Waals surface area (Å²) in [4.78, 5) is 4.05. The summed E-state index contributed by atoms with van der Waals surface area (Å²) in [5.41, 5.74) is 1.23. The maximum absolute atomic E-state index is 4.05. The van der Waals surface area contributed by atoms with Crippen LogP contribution in [0.5, 0.6) is 0 Å². The maximum Gasteiger partial charge on any atom is 0.0361 e. The number of allylic oxidation sites excluding steroid dienone is 2. The van der Waals surface area contributed by atoms with Crippen molar-refractivity contribution in [2.24, 2.45) is 4.99 Å². The van der Waals surface area contributed by atoms with E-state index in [1.54, 1.807) is 0 Å². The monoisotopic (exact) mass is 111 g/mol. The van der Waals surface area contributed by atoms with Gasteiger partial charge in [0.1, 0.15) is 0 Å². The lowest BCUT2D eigenvalue weighted by molar-refractivity contribution is 1.14. The molecule has 0 atom stereocenters. The van der Waals surface area contributed by atoms with Crippen LogP contribution in [0.2, 0.25) is 0 Å². The van der Waals surface area contributed by atoms with Crippen LogP contribution in [0.15, 0.2) is 16.6 Å². The fraction of sp³-hybridized carbons (Fsp3) is 0.571. The van der Waals surface area contributed by atoms with E-state index in [0.717, 1.165) is 6.54 Å². The Labute approximate surface area is 51.1 Å². The molecule has 0 aliphatic carbocycles. The molecule has 0 unspecified atom stereocenters. The molecule has 0 N–H and O–H groups in total. The normalized spacial score (nSPS) is 13.1. The van der Waals surface area contributed by atoms with E-state index in [2.05, 4.69) is 4.99 Å². The molecule has 0 aliphatic rings. The molecule has 0 fully saturated rings. The Morgan fingerprint density at radius 1 is 1.62 bits per heavy atom. The molecule has 0 aromatic heterocycles. The van der Waals surface area contributed by atoms with Gasteiger partial charge in [-0.05, 0) is 26.3 Å². The molecule has 0 heterocycles. The molecule has 0 aromatic rings. The molecule has 1 nitrogen and oxygen atoms in total. The van der Waals surface area contributed by atoms with Crippen LogP contribution in [0.3, 0.4) is 0 Å². The molecule has 0 bridgehead atoms. The first-order valence-corrected chi connectivity index (χ1v) is 2.94. The summed E-state index contributed by atoms with van der Waals surface area (Å²) in [6.07, 6.45) is 3.93. The van der Waals surface area contributed by atoms with Gasteiger partial charge >= 0.3 is 0 Å². The van der Waals surface area contributed by atoms with Gasteiger partial charge in [-0.15, -0.1) is 0 Å². The van der Waals surface area contributed by atoms with Crippen LogP contribution >= 0.6 is 0 Å². The van der Waals surface area contributed by atoms with Crippen molar-refractivity contribution in [2.75, 3.05) is 6.54 Å². The van der Waals surface area contributed by atoms with E-state index in [4.69, 9.17) is 0 Å². The average Bonchev–Trinajstić information content (AvgIpc) is 1.83. The third-order valence-electron chi connectivity index (χ3n) is 0.933. The van der Waals surface area contributed by atoms with Crippen molar-refractivity contribution in [1.82, 2.24) is 0 Å². The summed E-state index contributed by atoms with van der Waals surface area (Å²) >= 11 is 0. The van der Waals surface area contributed by atoms with E-state index in [0.29, 0.717) is 0 Å². The standard InChI is InChI=1S/C7H13N/c1-4-7(3)6-8-5-2/h4,6H,5H2,1-3H3. The van der Waals surface area contributed by atoms with Gasteiger partial charge < -0.3 is 0 Å². The van der Waals surface area contributed by atoms with E-state index in [1.165, 1.54) is 5.57 Å². The van der Waals surface area contributed by atoms with Gasteiger partial charge in [-0.2, -0.15) is 0 Å². The van der Waals surface area contributed by atoms with E-state index in [9.17, 15) is 0 Å². The average molecular weight is 111 g/mol. The summed E-state index contributed by atoms with van der Waals surface area (Å²) in [7, 11) is 0. The molecule has 0 radical (unpaired) electrons. The van der Waals surface area contributed by atoms with Crippen LogP contribution in [0, 0.1) is 0 Å². The lowest BCUT2D eigenvalue weighted by atomic mass is 10.3. The van der Waals surface area contributed by atoms with Crippen LogP contribution < -0.4 is 0 Å². The first-order chi connectivity index (χ1) is 3.81. The van der Waals surface area contributed by atoms with Crippen molar-refractivity contribution in [3.05, 3.63) is 11.6 Å². The Morgan fingerprint density at radius 3 is 2.62 bits per heavy atom. The van der Waals surface area contributed by atoms with Gasteiger partial charge in [0.2, 0.25) is 0 Å². The van der Waals surface area contributed by atoms with Gasteiger partial charge in [-0.25, -0.2) is 0 Å². The maximum atomic E-state index is 4.05. The minimum Gasteiger partial charge on any atom is -0.293 e. The van der Waals surface area contributed by atoms with Crippen LogP contribution in [-0.4, -0.2) is 12.8 Å². The van der Waals surface area contributed by atoms with Crippen molar-refractivity contribution in [3.63, 3.8) is 0 Å². The molecule has 0 saturated heterocycles. The summed E-state index contributed by atoms with van der Waals surface area (Å²) in [6.45, 7) is 6.96. The van der Waals surface area contributed by atoms with Gasteiger partial charge in [0.25, 0.3) is 0 Å². The fourth-order valence-electron chi connectivity index (χ4n) is 0.310. The molecular weight excluding hydrogens is 98.1 g/mol. The molecule has 0 saturated carbocycles.